The third kappa shape index (κ3) is 3.14. The lowest BCUT2D eigenvalue weighted by molar-refractivity contribution is 0.211. The van der Waals surface area contributed by atoms with Crippen LogP contribution in [0, 0.1) is 0 Å². The molecule has 3 nitrogen and oxygen atoms in total. The molecule has 0 amide bonds. The largest absolute Gasteiger partial charge is 0.327 e. The van der Waals surface area contributed by atoms with E-state index in [-0.39, 0.29) is 11.1 Å². The molecule has 1 aliphatic carbocycles. The molecule has 1 aromatic heterocycles. The third-order valence-electron chi connectivity index (χ3n) is 4.03. The summed E-state index contributed by atoms with van der Waals surface area (Å²) in [6.07, 6.45) is 10.7. The Hall–Kier alpha value is -0.830. The number of aromatic nitrogens is 2. The zero-order chi connectivity index (χ0) is 13.2. The molecule has 0 radical (unpaired) electrons. The Balaban J connectivity index is 2.11. The predicted molar refractivity (Wildman–Crippen MR) is 75.6 cm³/mol. The van der Waals surface area contributed by atoms with Gasteiger partial charge >= 0.3 is 0 Å². The first kappa shape index (κ1) is 13.6. The van der Waals surface area contributed by atoms with Gasteiger partial charge in [-0.3, -0.25) is 0 Å². The van der Waals surface area contributed by atoms with Crippen LogP contribution in [-0.2, 0) is 12.1 Å². The minimum Gasteiger partial charge on any atom is -0.327 e. The molecule has 0 aliphatic heterocycles. The van der Waals surface area contributed by atoms with Crippen molar-refractivity contribution in [3.63, 3.8) is 0 Å². The van der Waals surface area contributed by atoms with Crippen LogP contribution in [0.4, 0.5) is 0 Å². The van der Waals surface area contributed by atoms with E-state index in [1.54, 1.807) is 0 Å². The standard InChI is InChI=1S/C15H27N3/c1-14(2,3)17-11-13-10-16-12-18(13)15(4)8-6-5-7-9-15/h10,12,17H,5-9,11H2,1-4H3. The van der Waals surface area contributed by atoms with Crippen molar-refractivity contribution in [1.29, 1.82) is 0 Å². The fourth-order valence-corrected chi connectivity index (χ4v) is 2.85. The monoisotopic (exact) mass is 249 g/mol. The minimum absolute atomic E-state index is 0.155. The Kier molecular flexibility index (Phi) is 3.81. The summed E-state index contributed by atoms with van der Waals surface area (Å²) >= 11 is 0. The van der Waals surface area contributed by atoms with Crippen molar-refractivity contribution < 1.29 is 0 Å². The lowest BCUT2D eigenvalue weighted by Gasteiger charge is -2.36. The number of rotatable bonds is 3. The van der Waals surface area contributed by atoms with Gasteiger partial charge in [-0.15, -0.1) is 0 Å². The maximum atomic E-state index is 4.37. The summed E-state index contributed by atoms with van der Waals surface area (Å²) in [4.78, 5) is 4.37. The highest BCUT2D eigenvalue weighted by Crippen LogP contribution is 2.35. The van der Waals surface area contributed by atoms with Crippen LogP contribution in [0.15, 0.2) is 12.5 Å². The highest BCUT2D eigenvalue weighted by molar-refractivity contribution is 5.05. The van der Waals surface area contributed by atoms with Gasteiger partial charge in [0.25, 0.3) is 0 Å². The van der Waals surface area contributed by atoms with Gasteiger partial charge in [-0.2, -0.15) is 0 Å². The highest BCUT2D eigenvalue weighted by atomic mass is 15.1. The van der Waals surface area contributed by atoms with Gasteiger partial charge in [0, 0.05) is 23.8 Å². The second-order valence-electron chi connectivity index (χ2n) is 6.92. The van der Waals surface area contributed by atoms with Crippen LogP contribution in [0.1, 0.15) is 65.5 Å². The lowest BCUT2D eigenvalue weighted by atomic mass is 9.83. The maximum absolute atomic E-state index is 4.37. The fraction of sp³-hybridized carbons (Fsp3) is 0.800. The van der Waals surface area contributed by atoms with Crippen LogP contribution in [0.3, 0.4) is 0 Å². The third-order valence-corrected chi connectivity index (χ3v) is 4.03. The molecule has 0 bridgehead atoms. The topological polar surface area (TPSA) is 29.9 Å². The Morgan fingerprint density at radius 1 is 1.28 bits per heavy atom. The summed E-state index contributed by atoms with van der Waals surface area (Å²) in [5.41, 5.74) is 1.75. The predicted octanol–water partition coefficient (Wildman–Crippen LogP) is 3.45. The van der Waals surface area contributed by atoms with E-state index in [2.05, 4.69) is 42.6 Å². The number of imidazole rings is 1. The lowest BCUT2D eigenvalue weighted by Crippen LogP contribution is -2.38. The van der Waals surface area contributed by atoms with Crippen molar-refractivity contribution in [1.82, 2.24) is 14.9 Å². The van der Waals surface area contributed by atoms with Gasteiger partial charge in [0.05, 0.1) is 12.0 Å². The molecule has 0 unspecified atom stereocenters. The molecule has 0 saturated heterocycles. The SMILES string of the molecule is CC(C)(C)NCc1cncn1C1(C)CCCCC1. The van der Waals surface area contributed by atoms with Gasteiger partial charge in [0.15, 0.2) is 0 Å². The van der Waals surface area contributed by atoms with E-state index in [0.29, 0.717) is 0 Å². The van der Waals surface area contributed by atoms with Crippen LogP contribution in [0.5, 0.6) is 0 Å². The molecule has 102 valence electrons. The Morgan fingerprint density at radius 3 is 2.56 bits per heavy atom. The van der Waals surface area contributed by atoms with Gasteiger partial charge in [-0.05, 0) is 40.5 Å². The minimum atomic E-state index is 0.155. The summed E-state index contributed by atoms with van der Waals surface area (Å²) in [5, 5.41) is 3.56. The smallest absolute Gasteiger partial charge is 0.0953 e. The molecule has 0 spiro atoms. The Labute approximate surface area is 111 Å². The number of hydrogen-bond donors (Lipinski definition) is 1. The summed E-state index contributed by atoms with van der Waals surface area (Å²) in [6.45, 7) is 9.90. The molecule has 0 atom stereocenters. The van der Waals surface area contributed by atoms with Crippen LogP contribution < -0.4 is 5.32 Å². The summed E-state index contributed by atoms with van der Waals surface area (Å²) in [5.74, 6) is 0. The number of hydrogen-bond acceptors (Lipinski definition) is 2. The van der Waals surface area contributed by atoms with Gasteiger partial charge in [0.2, 0.25) is 0 Å². The van der Waals surface area contributed by atoms with Gasteiger partial charge in [0.1, 0.15) is 0 Å². The maximum Gasteiger partial charge on any atom is 0.0953 e. The zero-order valence-electron chi connectivity index (χ0n) is 12.3. The normalized spacial score (nSPS) is 20.0. The molecule has 2 rings (SSSR count). The average Bonchev–Trinajstić information content (AvgIpc) is 2.75. The van der Waals surface area contributed by atoms with Crippen molar-refractivity contribution in [2.24, 2.45) is 0 Å². The van der Waals surface area contributed by atoms with E-state index < -0.39 is 0 Å². The molecule has 3 heteroatoms. The van der Waals surface area contributed by atoms with Gasteiger partial charge in [-0.25, -0.2) is 4.98 Å². The van der Waals surface area contributed by atoms with Crippen molar-refractivity contribution in [3.8, 4) is 0 Å². The number of nitrogens with one attached hydrogen (secondary N) is 1. The second kappa shape index (κ2) is 5.04. The quantitative estimate of drug-likeness (QED) is 0.889. The van der Waals surface area contributed by atoms with E-state index in [1.165, 1.54) is 37.8 Å². The van der Waals surface area contributed by atoms with Crippen LogP contribution >= 0.6 is 0 Å². The summed E-state index contributed by atoms with van der Waals surface area (Å²) in [6, 6.07) is 0. The Morgan fingerprint density at radius 2 is 1.94 bits per heavy atom. The first-order chi connectivity index (χ1) is 8.41. The molecule has 1 heterocycles. The first-order valence-electron chi connectivity index (χ1n) is 7.17. The van der Waals surface area contributed by atoms with Crippen molar-refractivity contribution in [3.05, 3.63) is 18.2 Å². The molecule has 1 saturated carbocycles. The van der Waals surface area contributed by atoms with E-state index >= 15 is 0 Å². The molecular weight excluding hydrogens is 222 g/mol. The van der Waals surface area contributed by atoms with E-state index in [0.717, 1.165) is 6.54 Å². The van der Waals surface area contributed by atoms with E-state index in [1.807, 2.05) is 12.5 Å². The van der Waals surface area contributed by atoms with E-state index in [4.69, 9.17) is 0 Å². The molecule has 1 aliphatic rings. The molecule has 1 N–H and O–H groups in total. The van der Waals surface area contributed by atoms with Crippen molar-refractivity contribution >= 4 is 0 Å². The van der Waals surface area contributed by atoms with Crippen LogP contribution in [0.2, 0.25) is 0 Å². The fourth-order valence-electron chi connectivity index (χ4n) is 2.85. The number of nitrogens with zero attached hydrogens (tertiary/aromatic N) is 2. The molecule has 18 heavy (non-hydrogen) atoms. The zero-order valence-corrected chi connectivity index (χ0v) is 12.3. The van der Waals surface area contributed by atoms with Gasteiger partial charge in [-0.1, -0.05) is 19.3 Å². The van der Waals surface area contributed by atoms with Crippen molar-refractivity contribution in [2.75, 3.05) is 0 Å². The molecule has 1 fully saturated rings. The van der Waals surface area contributed by atoms with E-state index in [9.17, 15) is 0 Å². The second-order valence-corrected chi connectivity index (χ2v) is 6.92. The highest BCUT2D eigenvalue weighted by Gasteiger charge is 2.30. The van der Waals surface area contributed by atoms with Crippen LogP contribution in [0.25, 0.3) is 0 Å². The molecule has 0 aromatic carbocycles. The molecular formula is C15H27N3. The van der Waals surface area contributed by atoms with Crippen molar-refractivity contribution in [2.45, 2.75) is 77.4 Å². The first-order valence-corrected chi connectivity index (χ1v) is 7.17. The van der Waals surface area contributed by atoms with Gasteiger partial charge < -0.3 is 9.88 Å². The summed E-state index contributed by atoms with van der Waals surface area (Å²) < 4.78 is 2.41. The van der Waals surface area contributed by atoms with Crippen LogP contribution in [-0.4, -0.2) is 15.1 Å². The average molecular weight is 249 g/mol. The Bertz CT molecular complexity index is 381. The summed E-state index contributed by atoms with van der Waals surface area (Å²) in [7, 11) is 0. The molecule has 1 aromatic rings.